The number of nitrogens with one attached hydrogen (secondary N) is 1. The molecule has 0 saturated heterocycles. The molecule has 26 heavy (non-hydrogen) atoms. The molecule has 5 nitrogen and oxygen atoms in total. The summed E-state index contributed by atoms with van der Waals surface area (Å²) in [6.07, 6.45) is 2.80. The van der Waals surface area contributed by atoms with Crippen molar-refractivity contribution in [1.82, 2.24) is 10.3 Å². The third-order valence-corrected chi connectivity index (χ3v) is 4.21. The summed E-state index contributed by atoms with van der Waals surface area (Å²) in [6.45, 7) is 8.88. The van der Waals surface area contributed by atoms with E-state index in [2.05, 4.69) is 31.1 Å². The van der Waals surface area contributed by atoms with Gasteiger partial charge in [-0.3, -0.25) is 4.79 Å². The number of carbonyl (C=O) groups excluding carboxylic acids is 1. The molecule has 0 bridgehead atoms. The lowest BCUT2D eigenvalue weighted by Crippen LogP contribution is -2.25. The highest BCUT2D eigenvalue weighted by Gasteiger charge is 2.22. The quantitative estimate of drug-likeness (QED) is 0.725. The second-order valence-corrected chi connectivity index (χ2v) is 7.58. The zero-order valence-corrected chi connectivity index (χ0v) is 16.5. The summed E-state index contributed by atoms with van der Waals surface area (Å²) in [5.41, 5.74) is 1.96. The highest BCUT2D eigenvalue weighted by Crippen LogP contribution is 2.24. The zero-order valence-electron chi connectivity index (χ0n) is 16.5. The van der Waals surface area contributed by atoms with Crippen molar-refractivity contribution in [3.8, 4) is 5.75 Å². The van der Waals surface area contributed by atoms with E-state index in [1.54, 1.807) is 7.11 Å². The van der Waals surface area contributed by atoms with Crippen molar-refractivity contribution in [1.29, 1.82) is 0 Å². The molecular weight excluding hydrogens is 328 g/mol. The van der Waals surface area contributed by atoms with Gasteiger partial charge in [0.15, 0.2) is 5.89 Å². The fourth-order valence-corrected chi connectivity index (χ4v) is 2.63. The lowest BCUT2D eigenvalue weighted by atomic mass is 9.97. The number of aromatic nitrogens is 1. The van der Waals surface area contributed by atoms with Crippen LogP contribution < -0.4 is 10.1 Å². The van der Waals surface area contributed by atoms with Gasteiger partial charge in [0.25, 0.3) is 0 Å². The molecule has 0 fully saturated rings. The van der Waals surface area contributed by atoms with E-state index in [9.17, 15) is 4.79 Å². The molecule has 0 aliphatic rings. The SMILES string of the molecule is COc1cccc(CCC(=O)NCCCc2oc(C(C)(C)C)nc2C)c1. The van der Waals surface area contributed by atoms with Gasteiger partial charge in [-0.25, -0.2) is 4.98 Å². The number of carbonyl (C=O) groups is 1. The second-order valence-electron chi connectivity index (χ2n) is 7.58. The van der Waals surface area contributed by atoms with Crippen molar-refractivity contribution in [2.75, 3.05) is 13.7 Å². The molecule has 0 radical (unpaired) electrons. The molecule has 142 valence electrons. The Bertz CT molecular complexity index is 729. The van der Waals surface area contributed by atoms with Gasteiger partial charge in [0, 0.05) is 24.8 Å². The molecule has 0 spiro atoms. The van der Waals surface area contributed by atoms with Crippen molar-refractivity contribution < 1.29 is 13.9 Å². The minimum atomic E-state index is -0.0860. The van der Waals surface area contributed by atoms with E-state index in [4.69, 9.17) is 9.15 Å². The van der Waals surface area contributed by atoms with Gasteiger partial charge in [-0.1, -0.05) is 32.9 Å². The Kier molecular flexibility index (Phi) is 6.83. The molecule has 0 atom stereocenters. The summed E-state index contributed by atoms with van der Waals surface area (Å²) >= 11 is 0. The maximum absolute atomic E-state index is 12.0. The van der Waals surface area contributed by atoms with Gasteiger partial charge in [-0.05, 0) is 37.5 Å². The van der Waals surface area contributed by atoms with Crippen LogP contribution in [0.1, 0.15) is 56.5 Å². The molecule has 2 rings (SSSR count). The summed E-state index contributed by atoms with van der Waals surface area (Å²) in [6, 6.07) is 7.82. The number of benzene rings is 1. The van der Waals surface area contributed by atoms with Crippen molar-refractivity contribution in [3.05, 3.63) is 47.2 Å². The number of ether oxygens (including phenoxy) is 1. The lowest BCUT2D eigenvalue weighted by molar-refractivity contribution is -0.121. The molecule has 1 amide bonds. The van der Waals surface area contributed by atoms with Gasteiger partial charge in [0.2, 0.25) is 5.91 Å². The van der Waals surface area contributed by atoms with Crippen LogP contribution in [0.2, 0.25) is 0 Å². The average Bonchev–Trinajstić information content (AvgIpc) is 2.98. The maximum Gasteiger partial charge on any atom is 0.220 e. The Morgan fingerprint density at radius 2 is 2.04 bits per heavy atom. The van der Waals surface area contributed by atoms with Crippen LogP contribution in [0.5, 0.6) is 5.75 Å². The topological polar surface area (TPSA) is 64.4 Å². The second kappa shape index (κ2) is 8.88. The first kappa shape index (κ1) is 20.0. The number of oxazole rings is 1. The van der Waals surface area contributed by atoms with Gasteiger partial charge >= 0.3 is 0 Å². The van der Waals surface area contributed by atoms with Crippen LogP contribution in [-0.2, 0) is 23.1 Å². The summed E-state index contributed by atoms with van der Waals surface area (Å²) in [5, 5.41) is 2.98. The fraction of sp³-hybridized carbons (Fsp3) is 0.524. The Balaban J connectivity index is 1.71. The molecule has 0 aliphatic heterocycles. The first-order valence-corrected chi connectivity index (χ1v) is 9.16. The number of amides is 1. The van der Waals surface area contributed by atoms with E-state index in [0.29, 0.717) is 19.4 Å². The maximum atomic E-state index is 12.0. The van der Waals surface area contributed by atoms with Crippen LogP contribution >= 0.6 is 0 Å². The fourth-order valence-electron chi connectivity index (χ4n) is 2.63. The molecule has 1 N–H and O–H groups in total. The van der Waals surface area contributed by atoms with E-state index in [0.717, 1.165) is 41.5 Å². The van der Waals surface area contributed by atoms with Gasteiger partial charge in [-0.15, -0.1) is 0 Å². The van der Waals surface area contributed by atoms with Crippen molar-refractivity contribution >= 4 is 5.91 Å². The van der Waals surface area contributed by atoms with Crippen LogP contribution in [-0.4, -0.2) is 24.5 Å². The van der Waals surface area contributed by atoms with Crippen LogP contribution in [0, 0.1) is 6.92 Å². The molecule has 1 heterocycles. The summed E-state index contributed by atoms with van der Waals surface area (Å²) in [4.78, 5) is 16.5. The monoisotopic (exact) mass is 358 g/mol. The normalized spacial score (nSPS) is 11.4. The summed E-state index contributed by atoms with van der Waals surface area (Å²) < 4.78 is 11.1. The molecule has 0 unspecified atom stereocenters. The number of rotatable bonds is 8. The molecule has 0 saturated carbocycles. The van der Waals surface area contributed by atoms with Crippen molar-refractivity contribution in [2.24, 2.45) is 0 Å². The Labute approximate surface area is 156 Å². The van der Waals surface area contributed by atoms with Crippen molar-refractivity contribution in [3.63, 3.8) is 0 Å². The summed E-state index contributed by atoms with van der Waals surface area (Å²) in [5.74, 6) is 2.57. The Hall–Kier alpha value is -2.30. The van der Waals surface area contributed by atoms with Gasteiger partial charge in [-0.2, -0.15) is 0 Å². The highest BCUT2D eigenvalue weighted by atomic mass is 16.5. The largest absolute Gasteiger partial charge is 0.497 e. The molecule has 1 aromatic heterocycles. The van der Waals surface area contributed by atoms with Crippen LogP contribution in [0.15, 0.2) is 28.7 Å². The highest BCUT2D eigenvalue weighted by molar-refractivity contribution is 5.76. The third-order valence-electron chi connectivity index (χ3n) is 4.21. The van der Waals surface area contributed by atoms with Gasteiger partial charge in [0.05, 0.1) is 12.8 Å². The number of aryl methyl sites for hydroxylation is 3. The average molecular weight is 358 g/mol. The van der Waals surface area contributed by atoms with Crippen molar-refractivity contribution in [2.45, 2.75) is 58.8 Å². The first-order chi connectivity index (χ1) is 12.3. The summed E-state index contributed by atoms with van der Waals surface area (Å²) in [7, 11) is 1.65. The molecular formula is C21H30N2O3. The lowest BCUT2D eigenvalue weighted by Gasteiger charge is -2.12. The molecule has 2 aromatic rings. The van der Waals surface area contributed by atoms with Gasteiger partial charge < -0.3 is 14.5 Å². The minimum absolute atomic E-state index is 0.0671. The first-order valence-electron chi connectivity index (χ1n) is 9.16. The number of methoxy groups -OCH3 is 1. The Morgan fingerprint density at radius 1 is 1.27 bits per heavy atom. The van der Waals surface area contributed by atoms with E-state index in [-0.39, 0.29) is 11.3 Å². The third kappa shape index (κ3) is 5.90. The number of hydrogen-bond acceptors (Lipinski definition) is 4. The van der Waals surface area contributed by atoms with Crippen LogP contribution in [0.25, 0.3) is 0 Å². The molecule has 1 aromatic carbocycles. The predicted octanol–water partition coefficient (Wildman–Crippen LogP) is 3.97. The zero-order chi connectivity index (χ0) is 19.2. The molecule has 5 heteroatoms. The predicted molar refractivity (Wildman–Crippen MR) is 103 cm³/mol. The molecule has 0 aliphatic carbocycles. The smallest absolute Gasteiger partial charge is 0.220 e. The van der Waals surface area contributed by atoms with E-state index >= 15 is 0 Å². The van der Waals surface area contributed by atoms with E-state index in [1.807, 2.05) is 31.2 Å². The van der Waals surface area contributed by atoms with Crippen LogP contribution in [0.4, 0.5) is 0 Å². The number of nitrogens with zero attached hydrogens (tertiary/aromatic N) is 1. The standard InChI is InChI=1S/C21H30N2O3/c1-15-18(26-20(23-15)21(2,3)4)10-7-13-22-19(24)12-11-16-8-6-9-17(14-16)25-5/h6,8-9,14H,7,10-13H2,1-5H3,(H,22,24). The van der Waals surface area contributed by atoms with Gasteiger partial charge in [0.1, 0.15) is 11.5 Å². The Morgan fingerprint density at radius 3 is 2.69 bits per heavy atom. The van der Waals surface area contributed by atoms with Crippen LogP contribution in [0.3, 0.4) is 0 Å². The van der Waals surface area contributed by atoms with E-state index in [1.165, 1.54) is 0 Å². The minimum Gasteiger partial charge on any atom is -0.497 e. The van der Waals surface area contributed by atoms with E-state index < -0.39 is 0 Å². The number of hydrogen-bond donors (Lipinski definition) is 1.